The van der Waals surface area contributed by atoms with E-state index >= 15 is 0 Å². The van der Waals surface area contributed by atoms with Crippen molar-refractivity contribution in [2.45, 2.75) is 38.8 Å². The van der Waals surface area contributed by atoms with E-state index in [-0.39, 0.29) is 5.78 Å². The first-order chi connectivity index (χ1) is 19.5. The minimum atomic E-state index is -1.24. The molecule has 7 heteroatoms. The Balaban J connectivity index is 1.53. The Hall–Kier alpha value is -4.65. The summed E-state index contributed by atoms with van der Waals surface area (Å²) in [6.45, 7) is 7.50. The monoisotopic (exact) mass is 533 g/mol. The number of ether oxygens (including phenoxy) is 2. The Labute approximate surface area is 233 Å². The van der Waals surface area contributed by atoms with E-state index in [9.17, 15) is 9.59 Å². The molecule has 2 aliphatic rings. The zero-order chi connectivity index (χ0) is 27.9. The van der Waals surface area contributed by atoms with E-state index < -0.39 is 17.6 Å². The third-order valence-corrected chi connectivity index (χ3v) is 7.80. The summed E-state index contributed by atoms with van der Waals surface area (Å²) in [5, 5.41) is 3.46. The molecule has 3 heterocycles. The smallest absolute Gasteiger partial charge is 0.340 e. The van der Waals surface area contributed by atoms with Gasteiger partial charge in [-0.15, -0.1) is 0 Å². The van der Waals surface area contributed by atoms with Gasteiger partial charge in [0, 0.05) is 60.0 Å². The van der Waals surface area contributed by atoms with Gasteiger partial charge in [0.15, 0.2) is 11.4 Å². The maximum absolute atomic E-state index is 13.4. The largest absolute Gasteiger partial charge is 0.456 e. The number of aromatic nitrogens is 1. The van der Waals surface area contributed by atoms with Crippen LogP contribution < -0.4 is 15.0 Å². The zero-order valence-corrected chi connectivity index (χ0v) is 22.8. The lowest BCUT2D eigenvalue weighted by atomic mass is 9.76. The molecule has 6 rings (SSSR count). The molecule has 1 N–H and O–H groups in total. The van der Waals surface area contributed by atoms with E-state index in [0.29, 0.717) is 34.7 Å². The number of anilines is 2. The number of pyridine rings is 1. The van der Waals surface area contributed by atoms with Crippen molar-refractivity contribution >= 4 is 23.1 Å². The van der Waals surface area contributed by atoms with Gasteiger partial charge in [0.05, 0.1) is 17.2 Å². The van der Waals surface area contributed by atoms with Crippen LogP contribution in [0.1, 0.15) is 53.5 Å². The summed E-state index contributed by atoms with van der Waals surface area (Å²) in [6.07, 6.45) is 2.13. The van der Waals surface area contributed by atoms with Crippen molar-refractivity contribution in [3.8, 4) is 11.5 Å². The lowest BCUT2D eigenvalue weighted by Gasteiger charge is -2.39. The number of hydrogen-bond acceptors (Lipinski definition) is 7. The Kier molecular flexibility index (Phi) is 6.50. The summed E-state index contributed by atoms with van der Waals surface area (Å²) in [7, 11) is 0. The minimum Gasteiger partial charge on any atom is -0.456 e. The van der Waals surface area contributed by atoms with Gasteiger partial charge >= 0.3 is 5.97 Å². The van der Waals surface area contributed by atoms with Gasteiger partial charge in [-0.3, -0.25) is 9.78 Å². The number of nitrogens with one attached hydrogen (secondary N) is 1. The number of rotatable bonds is 8. The first kappa shape index (κ1) is 25.6. The maximum Gasteiger partial charge on any atom is 0.340 e. The molecule has 2 atom stereocenters. The van der Waals surface area contributed by atoms with Gasteiger partial charge in [0.1, 0.15) is 11.5 Å². The molecule has 4 aromatic rings. The van der Waals surface area contributed by atoms with Crippen molar-refractivity contribution in [1.29, 1.82) is 0 Å². The third-order valence-electron chi connectivity index (χ3n) is 7.80. The van der Waals surface area contributed by atoms with Crippen molar-refractivity contribution in [2.24, 2.45) is 0 Å². The highest BCUT2D eigenvalue weighted by molar-refractivity contribution is 5.98. The molecule has 0 bridgehead atoms. The van der Waals surface area contributed by atoms with Crippen molar-refractivity contribution < 1.29 is 19.1 Å². The molecule has 1 spiro atoms. The van der Waals surface area contributed by atoms with Crippen LogP contribution in [0.2, 0.25) is 0 Å². The minimum absolute atomic E-state index is 0.0258. The van der Waals surface area contributed by atoms with Crippen LogP contribution in [0.4, 0.5) is 11.4 Å². The molecule has 3 aromatic carbocycles. The average Bonchev–Trinajstić information content (AvgIpc) is 3.26. The van der Waals surface area contributed by atoms with Crippen LogP contribution in [0, 0.1) is 0 Å². The average molecular weight is 534 g/mol. The lowest BCUT2D eigenvalue weighted by Crippen LogP contribution is -2.36. The van der Waals surface area contributed by atoms with E-state index in [1.54, 1.807) is 19.2 Å². The Morgan fingerprint density at radius 1 is 0.950 bits per heavy atom. The number of Topliss-reactive ketones (excluding diaryl/α,β-unsaturated/α-hetero) is 1. The van der Waals surface area contributed by atoms with Gasteiger partial charge in [0.2, 0.25) is 0 Å². The number of nitrogens with zero attached hydrogens (tertiary/aromatic N) is 2. The normalized spacial score (nSPS) is 17.2. The van der Waals surface area contributed by atoms with Gasteiger partial charge in [-0.2, -0.15) is 0 Å². The van der Waals surface area contributed by atoms with E-state index in [1.165, 1.54) is 0 Å². The number of hydrogen-bond donors (Lipinski definition) is 1. The van der Waals surface area contributed by atoms with Crippen molar-refractivity contribution in [2.75, 3.05) is 23.3 Å². The van der Waals surface area contributed by atoms with Crippen LogP contribution in [0.15, 0.2) is 85.1 Å². The molecular formula is C33H31N3O4. The highest BCUT2D eigenvalue weighted by Gasteiger charge is 2.54. The van der Waals surface area contributed by atoms with Gasteiger partial charge < -0.3 is 19.7 Å². The zero-order valence-electron chi connectivity index (χ0n) is 22.8. The number of esters is 1. The van der Waals surface area contributed by atoms with E-state index in [0.717, 1.165) is 35.6 Å². The highest BCUT2D eigenvalue weighted by atomic mass is 16.6. The molecule has 0 radical (unpaired) electrons. The fourth-order valence-corrected chi connectivity index (χ4v) is 5.84. The second-order valence-corrected chi connectivity index (χ2v) is 10.1. The Morgan fingerprint density at radius 2 is 1.75 bits per heavy atom. The summed E-state index contributed by atoms with van der Waals surface area (Å²) >= 11 is 0. The van der Waals surface area contributed by atoms with Gasteiger partial charge in [0.25, 0.3) is 0 Å². The van der Waals surface area contributed by atoms with Crippen LogP contribution in [0.5, 0.6) is 11.5 Å². The first-order valence-electron chi connectivity index (χ1n) is 13.7. The van der Waals surface area contributed by atoms with Crippen LogP contribution in [0.3, 0.4) is 0 Å². The summed E-state index contributed by atoms with van der Waals surface area (Å²) in [6, 6.07) is 24.3. The second kappa shape index (κ2) is 10.2. The molecule has 0 fully saturated rings. The van der Waals surface area contributed by atoms with E-state index in [1.807, 2.05) is 72.8 Å². The predicted octanol–water partition coefficient (Wildman–Crippen LogP) is 6.11. The SMILES string of the molecule is CCN(CC)c1ccc2c(c1)Oc1cccc(NC(Cc3ccccn3)C(C)=O)c1C21OC(=O)c2ccccc21. The van der Waals surface area contributed by atoms with E-state index in [4.69, 9.17) is 9.47 Å². The molecule has 202 valence electrons. The molecule has 2 unspecified atom stereocenters. The fraction of sp³-hybridized carbons (Fsp3) is 0.242. The molecule has 0 saturated heterocycles. The first-order valence-corrected chi connectivity index (χ1v) is 13.7. The molecule has 0 saturated carbocycles. The van der Waals surface area contributed by atoms with Gasteiger partial charge in [-0.05, 0) is 63.2 Å². The lowest BCUT2D eigenvalue weighted by molar-refractivity contribution is -0.117. The third kappa shape index (κ3) is 4.09. The number of benzene rings is 3. The Morgan fingerprint density at radius 3 is 2.50 bits per heavy atom. The molecule has 0 aliphatic carbocycles. The van der Waals surface area contributed by atoms with Crippen molar-refractivity contribution in [3.63, 3.8) is 0 Å². The summed E-state index contributed by atoms with van der Waals surface area (Å²) in [5.41, 5.74) is 3.93. The van der Waals surface area contributed by atoms with Crippen LogP contribution in [-0.4, -0.2) is 35.9 Å². The van der Waals surface area contributed by atoms with Crippen molar-refractivity contribution in [3.05, 3.63) is 113 Å². The number of ketones is 1. The maximum atomic E-state index is 13.4. The fourth-order valence-electron chi connectivity index (χ4n) is 5.84. The molecular weight excluding hydrogens is 502 g/mol. The van der Waals surface area contributed by atoms with Gasteiger partial charge in [-0.1, -0.05) is 30.3 Å². The number of carbonyl (C=O) groups excluding carboxylic acids is 2. The topological polar surface area (TPSA) is 80.8 Å². The number of fused-ring (bicyclic) bond motifs is 6. The van der Waals surface area contributed by atoms with Crippen molar-refractivity contribution in [1.82, 2.24) is 4.98 Å². The predicted molar refractivity (Wildman–Crippen MR) is 154 cm³/mol. The quantitative estimate of drug-likeness (QED) is 0.274. The number of carbonyl (C=O) groups is 2. The molecule has 7 nitrogen and oxygen atoms in total. The molecule has 40 heavy (non-hydrogen) atoms. The molecule has 1 aromatic heterocycles. The summed E-state index contributed by atoms with van der Waals surface area (Å²) in [4.78, 5) is 32.8. The highest BCUT2D eigenvalue weighted by Crippen LogP contribution is 2.58. The van der Waals surface area contributed by atoms with Crippen LogP contribution >= 0.6 is 0 Å². The summed E-state index contributed by atoms with van der Waals surface area (Å²) in [5.74, 6) is 0.782. The van der Waals surface area contributed by atoms with E-state index in [2.05, 4.69) is 29.0 Å². The molecule has 2 aliphatic heterocycles. The Bertz CT molecular complexity index is 1600. The summed E-state index contributed by atoms with van der Waals surface area (Å²) < 4.78 is 12.9. The standard InChI is InChI=1S/C33H31N3O4/c1-4-36(5-2)23-16-17-26-30(20-23)39-29-15-10-14-27(35-28(21(3)37)19-22-11-8-9-18-34-22)31(29)33(26)25-13-7-6-12-24(25)32(38)40-33/h6-18,20,28,35H,4-5,19H2,1-3H3. The van der Waals surface area contributed by atoms with Crippen LogP contribution in [0.25, 0.3) is 0 Å². The molecule has 0 amide bonds. The van der Waals surface area contributed by atoms with Gasteiger partial charge in [-0.25, -0.2) is 4.79 Å². The van der Waals surface area contributed by atoms with Crippen LogP contribution in [-0.2, 0) is 21.6 Å². The second-order valence-electron chi connectivity index (χ2n) is 10.1.